The average Bonchev–Trinajstić information content (AvgIpc) is 3.29. The maximum atomic E-state index is 5.80. The molecule has 1 fully saturated rings. The van der Waals surface area contributed by atoms with Gasteiger partial charge in [0.05, 0.1) is 6.10 Å². The smallest absolute Gasteiger partial charge is 0.188 e. The van der Waals surface area contributed by atoms with Crippen LogP contribution in [0.2, 0.25) is 0 Å². The molecule has 0 saturated carbocycles. The first-order valence-electron chi connectivity index (χ1n) is 10.3. The molecule has 6 nitrogen and oxygen atoms in total. The third-order valence-corrected chi connectivity index (χ3v) is 5.55. The van der Waals surface area contributed by atoms with E-state index < -0.39 is 0 Å². The average molecular weight is 393 g/mol. The van der Waals surface area contributed by atoms with Gasteiger partial charge in [-0.1, -0.05) is 5.92 Å². The Bertz CT molecular complexity index is 901. The Kier molecular flexibility index (Phi) is 6.28. The monoisotopic (exact) mass is 393 g/mol. The summed E-state index contributed by atoms with van der Waals surface area (Å²) in [6.45, 7) is 1.78. The topological polar surface area (TPSA) is 65.5 Å². The van der Waals surface area contributed by atoms with Crippen LogP contribution in [0.15, 0.2) is 18.2 Å². The maximum absolute atomic E-state index is 5.80. The summed E-state index contributed by atoms with van der Waals surface area (Å²) in [5.74, 6) is 4.22. The number of nitrogens with zero attached hydrogens (tertiary/aromatic N) is 2. The maximum Gasteiger partial charge on any atom is 0.188 e. The van der Waals surface area contributed by atoms with Crippen LogP contribution in [0.25, 0.3) is 11.3 Å². The predicted molar refractivity (Wildman–Crippen MR) is 112 cm³/mol. The van der Waals surface area contributed by atoms with Crippen LogP contribution in [0.4, 0.5) is 5.82 Å². The minimum Gasteiger partial charge on any atom is -0.467 e. The number of methoxy groups -OCH3 is 1. The summed E-state index contributed by atoms with van der Waals surface area (Å²) in [6, 6.07) is 5.74. The van der Waals surface area contributed by atoms with Gasteiger partial charge in [-0.2, -0.15) is 0 Å². The highest BCUT2D eigenvalue weighted by molar-refractivity contribution is 5.74. The van der Waals surface area contributed by atoms with Gasteiger partial charge in [0.1, 0.15) is 11.4 Å². The zero-order chi connectivity index (χ0) is 20.1. The van der Waals surface area contributed by atoms with Crippen LogP contribution in [0.3, 0.4) is 0 Å². The Morgan fingerprint density at radius 3 is 2.83 bits per heavy atom. The molecule has 29 heavy (non-hydrogen) atoms. The van der Waals surface area contributed by atoms with E-state index in [9.17, 15) is 0 Å². The number of anilines is 1. The van der Waals surface area contributed by atoms with Crippen molar-refractivity contribution in [3.8, 4) is 29.4 Å². The molecule has 4 rings (SSSR count). The van der Waals surface area contributed by atoms with Crippen LogP contribution in [0.1, 0.15) is 42.4 Å². The summed E-state index contributed by atoms with van der Waals surface area (Å²) < 4.78 is 16.6. The fourth-order valence-electron chi connectivity index (χ4n) is 4.07. The molecule has 1 unspecified atom stereocenters. The van der Waals surface area contributed by atoms with Gasteiger partial charge in [-0.15, -0.1) is 16.6 Å². The Morgan fingerprint density at radius 1 is 1.21 bits per heavy atom. The molecule has 0 spiro atoms. The van der Waals surface area contributed by atoms with Crippen LogP contribution < -0.4 is 10.1 Å². The van der Waals surface area contributed by atoms with Crippen molar-refractivity contribution in [3.63, 3.8) is 0 Å². The normalized spacial score (nSPS) is 18.1. The Balaban J connectivity index is 1.68. The van der Waals surface area contributed by atoms with Gasteiger partial charge in [0.2, 0.25) is 0 Å². The minimum atomic E-state index is 0.150. The number of ether oxygens (including phenoxy) is 3. The van der Waals surface area contributed by atoms with Crippen molar-refractivity contribution < 1.29 is 14.2 Å². The van der Waals surface area contributed by atoms with E-state index in [0.29, 0.717) is 5.75 Å². The van der Waals surface area contributed by atoms with Gasteiger partial charge in [0.15, 0.2) is 12.6 Å². The van der Waals surface area contributed by atoms with Crippen molar-refractivity contribution >= 4 is 5.82 Å². The number of aromatic nitrogens is 2. The molecule has 1 N–H and O–H groups in total. The summed E-state index contributed by atoms with van der Waals surface area (Å²) in [4.78, 5) is 0. The standard InChI is InChI=1S/C23H27N3O3/c1-3-16-10-11-20(21(13-16)29-15-27-2)22-18-8-4-5-9-19(18)23(26-25-22)24-14-17-7-6-12-28-17/h1,10-11,13,17H,4-9,12,14-15H2,2H3,(H,24,26). The lowest BCUT2D eigenvalue weighted by atomic mass is 9.89. The molecule has 1 aliphatic heterocycles. The van der Waals surface area contributed by atoms with E-state index in [1.165, 1.54) is 11.1 Å². The van der Waals surface area contributed by atoms with Gasteiger partial charge in [0.25, 0.3) is 0 Å². The van der Waals surface area contributed by atoms with E-state index in [-0.39, 0.29) is 12.9 Å². The molecule has 1 aromatic carbocycles. The van der Waals surface area contributed by atoms with Gasteiger partial charge in [0, 0.05) is 37.0 Å². The van der Waals surface area contributed by atoms with Crippen molar-refractivity contribution in [2.75, 3.05) is 32.4 Å². The molecule has 0 radical (unpaired) electrons. The van der Waals surface area contributed by atoms with E-state index in [4.69, 9.17) is 20.6 Å². The second kappa shape index (κ2) is 9.25. The second-order valence-electron chi connectivity index (χ2n) is 7.48. The number of benzene rings is 1. The zero-order valence-electron chi connectivity index (χ0n) is 16.9. The lowest BCUT2D eigenvalue weighted by molar-refractivity contribution is 0.0515. The van der Waals surface area contributed by atoms with Crippen LogP contribution >= 0.6 is 0 Å². The highest BCUT2D eigenvalue weighted by Crippen LogP contribution is 2.37. The Morgan fingerprint density at radius 2 is 2.07 bits per heavy atom. The summed E-state index contributed by atoms with van der Waals surface area (Å²) in [6.07, 6.45) is 12.4. The fraction of sp³-hybridized carbons (Fsp3) is 0.478. The minimum absolute atomic E-state index is 0.150. The SMILES string of the molecule is C#Cc1ccc(-c2nnc(NCC3CCCO3)c3c2CCCC3)c(OCOC)c1. The molecule has 1 atom stereocenters. The summed E-state index contributed by atoms with van der Waals surface area (Å²) in [5.41, 5.74) is 5.04. The summed E-state index contributed by atoms with van der Waals surface area (Å²) >= 11 is 0. The van der Waals surface area contributed by atoms with E-state index in [1.807, 2.05) is 18.2 Å². The Labute approximate surface area is 172 Å². The van der Waals surface area contributed by atoms with Gasteiger partial charge >= 0.3 is 0 Å². The lowest BCUT2D eigenvalue weighted by Gasteiger charge is -2.23. The van der Waals surface area contributed by atoms with E-state index in [2.05, 4.69) is 21.4 Å². The quantitative estimate of drug-likeness (QED) is 0.573. The van der Waals surface area contributed by atoms with E-state index in [0.717, 1.165) is 74.3 Å². The van der Waals surface area contributed by atoms with Crippen molar-refractivity contribution in [3.05, 3.63) is 34.9 Å². The molecule has 0 amide bonds. The molecule has 2 aliphatic rings. The van der Waals surface area contributed by atoms with Crippen molar-refractivity contribution in [1.29, 1.82) is 0 Å². The van der Waals surface area contributed by atoms with Crippen molar-refractivity contribution in [2.45, 2.75) is 44.6 Å². The zero-order valence-corrected chi connectivity index (χ0v) is 16.9. The first-order chi connectivity index (χ1) is 14.3. The molecular weight excluding hydrogens is 366 g/mol. The molecule has 6 heteroatoms. The summed E-state index contributed by atoms with van der Waals surface area (Å²) in [7, 11) is 1.60. The van der Waals surface area contributed by atoms with Gasteiger partial charge in [-0.25, -0.2) is 0 Å². The van der Waals surface area contributed by atoms with Crippen LogP contribution in [0, 0.1) is 12.3 Å². The highest BCUT2D eigenvalue weighted by Gasteiger charge is 2.23. The third kappa shape index (κ3) is 4.36. The first kappa shape index (κ1) is 19.7. The molecular formula is C23H27N3O3. The lowest BCUT2D eigenvalue weighted by Crippen LogP contribution is -2.21. The van der Waals surface area contributed by atoms with Gasteiger partial charge < -0.3 is 19.5 Å². The number of terminal acetylenes is 1. The molecule has 152 valence electrons. The number of nitrogens with one attached hydrogen (secondary N) is 1. The number of hydrogen-bond donors (Lipinski definition) is 1. The molecule has 1 aromatic heterocycles. The van der Waals surface area contributed by atoms with E-state index in [1.54, 1.807) is 7.11 Å². The molecule has 1 saturated heterocycles. The largest absolute Gasteiger partial charge is 0.467 e. The number of rotatable bonds is 7. The van der Waals surface area contributed by atoms with Crippen LogP contribution in [-0.4, -0.2) is 43.4 Å². The first-order valence-corrected chi connectivity index (χ1v) is 10.3. The summed E-state index contributed by atoms with van der Waals surface area (Å²) in [5, 5.41) is 12.6. The van der Waals surface area contributed by atoms with Crippen LogP contribution in [-0.2, 0) is 22.3 Å². The number of fused-ring (bicyclic) bond motifs is 1. The van der Waals surface area contributed by atoms with Crippen molar-refractivity contribution in [2.24, 2.45) is 0 Å². The second-order valence-corrected chi connectivity index (χ2v) is 7.48. The van der Waals surface area contributed by atoms with Crippen molar-refractivity contribution in [1.82, 2.24) is 10.2 Å². The van der Waals surface area contributed by atoms with E-state index >= 15 is 0 Å². The third-order valence-electron chi connectivity index (χ3n) is 5.55. The molecule has 2 heterocycles. The van der Waals surface area contributed by atoms with Crippen LogP contribution in [0.5, 0.6) is 5.75 Å². The van der Waals surface area contributed by atoms with Gasteiger partial charge in [-0.05, 0) is 62.3 Å². The fourth-order valence-corrected chi connectivity index (χ4v) is 4.07. The molecule has 1 aliphatic carbocycles. The molecule has 2 aromatic rings. The van der Waals surface area contributed by atoms with Gasteiger partial charge in [-0.3, -0.25) is 0 Å². The molecule has 0 bridgehead atoms. The Hall–Kier alpha value is -2.62. The predicted octanol–water partition coefficient (Wildman–Crippen LogP) is 3.58. The highest BCUT2D eigenvalue weighted by atomic mass is 16.7. The number of hydrogen-bond acceptors (Lipinski definition) is 6.